The second-order valence-electron chi connectivity index (χ2n) is 7.44. The van der Waals surface area contributed by atoms with Crippen molar-refractivity contribution in [3.63, 3.8) is 0 Å². The van der Waals surface area contributed by atoms with E-state index in [2.05, 4.69) is 48.5 Å². The van der Waals surface area contributed by atoms with Crippen LogP contribution in [0.2, 0.25) is 0 Å². The average Bonchev–Trinajstić information content (AvgIpc) is 2.72. The maximum Gasteiger partial charge on any atom is 0.136 e. The van der Waals surface area contributed by atoms with Gasteiger partial charge in [-0.3, -0.25) is 4.79 Å². The highest BCUT2D eigenvalue weighted by Gasteiger charge is 2.19. The summed E-state index contributed by atoms with van der Waals surface area (Å²) in [5.74, 6) is 0.470. The van der Waals surface area contributed by atoms with E-state index < -0.39 is 0 Å². The fraction of sp³-hybridized carbons (Fsp3) is 0.458. The van der Waals surface area contributed by atoms with Crippen LogP contribution in [0.3, 0.4) is 0 Å². The van der Waals surface area contributed by atoms with Gasteiger partial charge in [0.2, 0.25) is 0 Å². The maximum atomic E-state index is 12.9. The Morgan fingerprint density at radius 1 is 0.778 bits per heavy atom. The van der Waals surface area contributed by atoms with E-state index in [1.807, 2.05) is 12.1 Å². The number of aryl methyl sites for hydroxylation is 2. The molecule has 2 rings (SSSR count). The number of nitrogens with two attached hydrogens (primary N) is 2. The van der Waals surface area contributed by atoms with Crippen LogP contribution >= 0.6 is 0 Å². The van der Waals surface area contributed by atoms with Crippen LogP contribution in [-0.4, -0.2) is 18.4 Å². The van der Waals surface area contributed by atoms with Gasteiger partial charge in [0.05, 0.1) is 0 Å². The van der Waals surface area contributed by atoms with Crippen molar-refractivity contribution in [2.24, 2.45) is 17.4 Å². The summed E-state index contributed by atoms with van der Waals surface area (Å²) in [5.41, 5.74) is 14.3. The van der Waals surface area contributed by atoms with E-state index in [1.54, 1.807) is 0 Å². The van der Waals surface area contributed by atoms with E-state index in [-0.39, 0.29) is 12.0 Å². The van der Waals surface area contributed by atoms with Crippen molar-refractivity contribution < 1.29 is 4.79 Å². The summed E-state index contributed by atoms with van der Waals surface area (Å²) < 4.78 is 0. The highest BCUT2D eigenvalue weighted by molar-refractivity contribution is 5.81. The summed E-state index contributed by atoms with van der Waals surface area (Å²) in [5, 5.41) is 0. The maximum absolute atomic E-state index is 12.9. The van der Waals surface area contributed by atoms with Gasteiger partial charge in [-0.05, 0) is 62.6 Å². The highest BCUT2D eigenvalue weighted by atomic mass is 16.1. The molecule has 3 nitrogen and oxygen atoms in total. The smallest absolute Gasteiger partial charge is 0.136 e. The van der Waals surface area contributed by atoms with E-state index >= 15 is 0 Å². The Balaban J connectivity index is 1.89. The number of Topliss-reactive ketones (excluding diaryl/α,β-unsaturated/α-hetero) is 1. The molecule has 0 amide bonds. The van der Waals surface area contributed by atoms with E-state index in [0.29, 0.717) is 18.7 Å². The minimum atomic E-state index is 0.0846. The van der Waals surface area contributed by atoms with Crippen molar-refractivity contribution in [1.82, 2.24) is 0 Å². The number of carbonyl (C=O) groups is 1. The summed E-state index contributed by atoms with van der Waals surface area (Å²) in [6, 6.07) is 21.0. The SMILES string of the molecule is NCCC[C@@H](N)CCC(=O)C(CCc1ccccc1)CCc1ccccc1. The quantitative estimate of drug-likeness (QED) is 0.556. The Kier molecular flexibility index (Phi) is 9.81. The highest BCUT2D eigenvalue weighted by Crippen LogP contribution is 2.20. The summed E-state index contributed by atoms with van der Waals surface area (Å²) in [6.45, 7) is 0.665. The van der Waals surface area contributed by atoms with Gasteiger partial charge in [-0.1, -0.05) is 60.7 Å². The molecule has 0 spiro atoms. The van der Waals surface area contributed by atoms with Crippen LogP contribution in [0.15, 0.2) is 60.7 Å². The van der Waals surface area contributed by atoms with Gasteiger partial charge in [-0.15, -0.1) is 0 Å². The monoisotopic (exact) mass is 366 g/mol. The van der Waals surface area contributed by atoms with Gasteiger partial charge in [0, 0.05) is 18.4 Å². The van der Waals surface area contributed by atoms with Gasteiger partial charge in [0.1, 0.15) is 5.78 Å². The zero-order chi connectivity index (χ0) is 19.3. The molecule has 1 atom stereocenters. The molecule has 0 aliphatic rings. The number of benzene rings is 2. The van der Waals surface area contributed by atoms with Crippen LogP contribution in [0.4, 0.5) is 0 Å². The lowest BCUT2D eigenvalue weighted by molar-refractivity contribution is -0.123. The normalized spacial score (nSPS) is 12.3. The van der Waals surface area contributed by atoms with E-state index in [9.17, 15) is 4.79 Å². The molecular formula is C24H34N2O. The molecule has 4 N–H and O–H groups in total. The van der Waals surface area contributed by atoms with E-state index in [0.717, 1.165) is 44.9 Å². The van der Waals surface area contributed by atoms with Gasteiger partial charge in [-0.2, -0.15) is 0 Å². The van der Waals surface area contributed by atoms with Crippen LogP contribution in [0, 0.1) is 5.92 Å². The van der Waals surface area contributed by atoms with Crippen molar-refractivity contribution in [1.29, 1.82) is 0 Å². The van der Waals surface area contributed by atoms with Crippen LogP contribution in [-0.2, 0) is 17.6 Å². The van der Waals surface area contributed by atoms with Gasteiger partial charge >= 0.3 is 0 Å². The molecule has 0 saturated heterocycles. The molecule has 0 radical (unpaired) electrons. The molecule has 0 bridgehead atoms. The number of carbonyl (C=O) groups excluding carboxylic acids is 1. The third kappa shape index (κ3) is 8.51. The lowest BCUT2D eigenvalue weighted by atomic mass is 9.87. The minimum absolute atomic E-state index is 0.0846. The number of hydrogen-bond acceptors (Lipinski definition) is 3. The zero-order valence-electron chi connectivity index (χ0n) is 16.4. The second kappa shape index (κ2) is 12.4. The predicted octanol–water partition coefficient (Wildman–Crippen LogP) is 4.28. The first-order valence-electron chi connectivity index (χ1n) is 10.2. The van der Waals surface area contributed by atoms with Crippen LogP contribution < -0.4 is 11.5 Å². The minimum Gasteiger partial charge on any atom is -0.330 e. The first-order valence-corrected chi connectivity index (χ1v) is 10.2. The topological polar surface area (TPSA) is 69.1 Å². The molecule has 0 fully saturated rings. The lowest BCUT2D eigenvalue weighted by Gasteiger charge is -2.18. The third-order valence-corrected chi connectivity index (χ3v) is 5.24. The van der Waals surface area contributed by atoms with Crippen LogP contribution in [0.5, 0.6) is 0 Å². The molecule has 146 valence electrons. The number of hydrogen-bond donors (Lipinski definition) is 2. The summed E-state index contributed by atoms with van der Waals surface area (Å²) in [6.07, 6.45) is 6.91. The van der Waals surface area contributed by atoms with Crippen molar-refractivity contribution in [2.45, 2.75) is 57.4 Å². The fourth-order valence-electron chi connectivity index (χ4n) is 3.49. The summed E-state index contributed by atoms with van der Waals surface area (Å²) in [7, 11) is 0. The largest absolute Gasteiger partial charge is 0.330 e. The number of rotatable bonds is 13. The van der Waals surface area contributed by atoms with Crippen LogP contribution in [0.25, 0.3) is 0 Å². The standard InChI is InChI=1S/C24H34N2O/c25-19-7-12-23(26)17-18-24(27)22(15-13-20-8-3-1-4-9-20)16-14-21-10-5-2-6-11-21/h1-6,8-11,22-23H,7,12-19,25-26H2/t23-/m1/s1. The second-order valence-corrected chi connectivity index (χ2v) is 7.44. The van der Waals surface area contributed by atoms with Crippen molar-refractivity contribution in [3.8, 4) is 0 Å². The van der Waals surface area contributed by atoms with E-state index in [1.165, 1.54) is 11.1 Å². The molecule has 3 heteroatoms. The lowest BCUT2D eigenvalue weighted by Crippen LogP contribution is -2.24. The molecule has 0 aromatic heterocycles. The molecule has 0 heterocycles. The Hall–Kier alpha value is -1.97. The van der Waals surface area contributed by atoms with E-state index in [4.69, 9.17) is 11.5 Å². The molecule has 0 saturated carbocycles. The van der Waals surface area contributed by atoms with Gasteiger partial charge < -0.3 is 11.5 Å². The first kappa shape index (κ1) is 21.3. The van der Waals surface area contributed by atoms with Gasteiger partial charge in [0.15, 0.2) is 0 Å². The summed E-state index contributed by atoms with van der Waals surface area (Å²) in [4.78, 5) is 12.9. The molecule has 0 aliphatic carbocycles. The zero-order valence-corrected chi connectivity index (χ0v) is 16.4. The van der Waals surface area contributed by atoms with Crippen molar-refractivity contribution >= 4 is 5.78 Å². The van der Waals surface area contributed by atoms with Gasteiger partial charge in [-0.25, -0.2) is 0 Å². The Labute approximate surface area is 164 Å². The third-order valence-electron chi connectivity index (χ3n) is 5.24. The fourth-order valence-corrected chi connectivity index (χ4v) is 3.49. The summed E-state index contributed by atoms with van der Waals surface area (Å²) >= 11 is 0. The molecule has 27 heavy (non-hydrogen) atoms. The first-order chi connectivity index (χ1) is 13.2. The Bertz CT molecular complexity index is 598. The molecule has 2 aromatic carbocycles. The average molecular weight is 367 g/mol. The Morgan fingerprint density at radius 2 is 1.30 bits per heavy atom. The van der Waals surface area contributed by atoms with Crippen molar-refractivity contribution in [3.05, 3.63) is 71.8 Å². The van der Waals surface area contributed by atoms with Crippen molar-refractivity contribution in [2.75, 3.05) is 6.54 Å². The predicted molar refractivity (Wildman–Crippen MR) is 114 cm³/mol. The molecule has 0 aliphatic heterocycles. The number of ketones is 1. The van der Waals surface area contributed by atoms with Crippen LogP contribution in [0.1, 0.15) is 49.7 Å². The van der Waals surface area contributed by atoms with Gasteiger partial charge in [0.25, 0.3) is 0 Å². The molecule has 2 aromatic rings. The Morgan fingerprint density at radius 3 is 1.78 bits per heavy atom. The molecular weight excluding hydrogens is 332 g/mol. The molecule has 0 unspecified atom stereocenters.